The van der Waals surface area contributed by atoms with E-state index in [2.05, 4.69) is 15.6 Å². The number of nitrogens with one attached hydrogen (secondary N) is 2. The molecule has 1 aromatic heterocycles. The number of rotatable bonds is 8. The van der Waals surface area contributed by atoms with Crippen LogP contribution in [0, 0.1) is 12.7 Å². The van der Waals surface area contributed by atoms with E-state index in [0.717, 1.165) is 37.5 Å². The molecule has 2 rings (SSSR count). The number of aryl methyl sites for hydroxylation is 2. The lowest BCUT2D eigenvalue weighted by Gasteiger charge is -2.12. The number of halogens is 1. The Bertz CT molecular complexity index is 785. The zero-order valence-corrected chi connectivity index (χ0v) is 15.5. The Morgan fingerprint density at radius 3 is 2.77 bits per heavy atom. The van der Waals surface area contributed by atoms with Gasteiger partial charge in [-0.1, -0.05) is 18.2 Å². The first-order valence-electron chi connectivity index (χ1n) is 9.03. The first kappa shape index (κ1) is 19.7. The molecule has 1 aromatic carbocycles. The van der Waals surface area contributed by atoms with Crippen LogP contribution in [0.15, 0.2) is 52.4 Å². The summed E-state index contributed by atoms with van der Waals surface area (Å²) in [5, 5.41) is 6.50. The molecule has 0 fully saturated rings. The molecule has 0 saturated carbocycles. The lowest BCUT2D eigenvalue weighted by Crippen LogP contribution is -2.37. The predicted molar refractivity (Wildman–Crippen MR) is 104 cm³/mol. The van der Waals surface area contributed by atoms with E-state index in [1.165, 1.54) is 6.07 Å². The van der Waals surface area contributed by atoms with Crippen LogP contribution in [0.2, 0.25) is 0 Å². The van der Waals surface area contributed by atoms with E-state index in [-0.39, 0.29) is 11.4 Å². The van der Waals surface area contributed by atoms with Gasteiger partial charge in [0.25, 0.3) is 0 Å². The van der Waals surface area contributed by atoms with Crippen molar-refractivity contribution in [1.82, 2.24) is 15.2 Å². The maximum absolute atomic E-state index is 13.3. The van der Waals surface area contributed by atoms with E-state index in [1.807, 2.05) is 25.3 Å². The Balaban J connectivity index is 1.79. The third kappa shape index (κ3) is 6.35. The minimum absolute atomic E-state index is 0.0324. The largest absolute Gasteiger partial charge is 0.357 e. The average molecular weight is 358 g/mol. The first-order valence-corrected chi connectivity index (χ1v) is 9.03. The van der Waals surface area contributed by atoms with Crippen LogP contribution in [0.5, 0.6) is 0 Å². The molecule has 0 aliphatic rings. The van der Waals surface area contributed by atoms with Crippen LogP contribution >= 0.6 is 0 Å². The molecule has 0 aliphatic carbocycles. The molecule has 0 unspecified atom stereocenters. The van der Waals surface area contributed by atoms with Gasteiger partial charge >= 0.3 is 0 Å². The van der Waals surface area contributed by atoms with Crippen LogP contribution in [-0.2, 0) is 13.1 Å². The monoisotopic (exact) mass is 358 g/mol. The maximum Gasteiger partial charge on any atom is 0.250 e. The van der Waals surface area contributed by atoms with Gasteiger partial charge < -0.3 is 15.2 Å². The van der Waals surface area contributed by atoms with Crippen LogP contribution in [0.3, 0.4) is 0 Å². The highest BCUT2D eigenvalue weighted by Crippen LogP contribution is 2.10. The summed E-state index contributed by atoms with van der Waals surface area (Å²) in [6.07, 6.45) is 3.65. The number of hydrogen-bond acceptors (Lipinski definition) is 2. The molecule has 5 nitrogen and oxygen atoms in total. The maximum atomic E-state index is 13.3. The average Bonchev–Trinajstić information content (AvgIpc) is 2.63. The molecule has 140 valence electrons. The van der Waals surface area contributed by atoms with Gasteiger partial charge in [0.2, 0.25) is 5.56 Å². The molecule has 0 spiro atoms. The molecule has 0 saturated heterocycles. The second-order valence-corrected chi connectivity index (χ2v) is 6.14. The molecule has 2 N–H and O–H groups in total. The summed E-state index contributed by atoms with van der Waals surface area (Å²) in [5.74, 6) is 0.548. The van der Waals surface area contributed by atoms with Gasteiger partial charge in [-0.2, -0.15) is 0 Å². The van der Waals surface area contributed by atoms with E-state index in [0.29, 0.717) is 18.7 Å². The first-order chi connectivity index (χ1) is 12.6. The number of unbranched alkanes of at least 4 members (excludes halogenated alkanes) is 1. The van der Waals surface area contributed by atoms with Gasteiger partial charge in [0.1, 0.15) is 5.82 Å². The van der Waals surface area contributed by atoms with Gasteiger partial charge in [0.15, 0.2) is 5.96 Å². The summed E-state index contributed by atoms with van der Waals surface area (Å²) in [4.78, 5) is 16.2. The fourth-order valence-corrected chi connectivity index (χ4v) is 2.58. The quantitative estimate of drug-likeness (QED) is 0.433. The molecule has 26 heavy (non-hydrogen) atoms. The van der Waals surface area contributed by atoms with E-state index in [4.69, 9.17) is 0 Å². The van der Waals surface area contributed by atoms with Crippen molar-refractivity contribution in [3.63, 3.8) is 0 Å². The Morgan fingerprint density at radius 2 is 2.04 bits per heavy atom. The SMILES string of the molecule is CCNC(=NCc1ccc(F)c(C)c1)NCCCCn1ccccc1=O. The van der Waals surface area contributed by atoms with Gasteiger partial charge in [0.05, 0.1) is 6.54 Å². The van der Waals surface area contributed by atoms with Crippen molar-refractivity contribution in [2.45, 2.75) is 39.8 Å². The number of aliphatic imine (C=N–C) groups is 1. The molecule has 2 aromatic rings. The normalized spacial score (nSPS) is 11.4. The highest BCUT2D eigenvalue weighted by atomic mass is 19.1. The number of aromatic nitrogens is 1. The van der Waals surface area contributed by atoms with Crippen LogP contribution in [0.25, 0.3) is 0 Å². The van der Waals surface area contributed by atoms with E-state index >= 15 is 0 Å². The number of nitrogens with zero attached hydrogens (tertiary/aromatic N) is 2. The molecule has 0 aliphatic heterocycles. The summed E-state index contributed by atoms with van der Waals surface area (Å²) < 4.78 is 15.0. The van der Waals surface area contributed by atoms with Crippen molar-refractivity contribution in [2.24, 2.45) is 4.99 Å². The minimum Gasteiger partial charge on any atom is -0.357 e. The zero-order chi connectivity index (χ0) is 18.8. The fraction of sp³-hybridized carbons (Fsp3) is 0.400. The van der Waals surface area contributed by atoms with Crippen molar-refractivity contribution < 1.29 is 4.39 Å². The van der Waals surface area contributed by atoms with Crippen LogP contribution in [0.1, 0.15) is 30.9 Å². The van der Waals surface area contributed by atoms with Gasteiger partial charge in [-0.25, -0.2) is 9.38 Å². The molecule has 0 radical (unpaired) electrons. The highest BCUT2D eigenvalue weighted by molar-refractivity contribution is 5.79. The molecule has 6 heteroatoms. The number of pyridine rings is 1. The van der Waals surface area contributed by atoms with E-state index in [9.17, 15) is 9.18 Å². The summed E-state index contributed by atoms with van der Waals surface area (Å²) in [7, 11) is 0. The van der Waals surface area contributed by atoms with Crippen LogP contribution in [-0.4, -0.2) is 23.6 Å². The van der Waals surface area contributed by atoms with Crippen molar-refractivity contribution in [3.05, 3.63) is 69.9 Å². The minimum atomic E-state index is -0.194. The van der Waals surface area contributed by atoms with Crippen LogP contribution < -0.4 is 16.2 Å². The van der Waals surface area contributed by atoms with Crippen molar-refractivity contribution >= 4 is 5.96 Å². The zero-order valence-electron chi connectivity index (χ0n) is 15.5. The Morgan fingerprint density at radius 1 is 1.19 bits per heavy atom. The number of hydrogen-bond donors (Lipinski definition) is 2. The topological polar surface area (TPSA) is 58.4 Å². The third-order valence-electron chi connectivity index (χ3n) is 4.00. The molecular formula is C20H27FN4O. The summed E-state index contributed by atoms with van der Waals surface area (Å²) >= 11 is 0. The lowest BCUT2D eigenvalue weighted by molar-refractivity contribution is 0.585. The second kappa shape index (κ2) is 10.4. The van der Waals surface area contributed by atoms with Gasteiger partial charge in [0, 0.05) is 31.9 Å². The van der Waals surface area contributed by atoms with E-state index in [1.54, 1.807) is 29.7 Å². The lowest BCUT2D eigenvalue weighted by atomic mass is 10.1. The molecule has 0 atom stereocenters. The molecule has 1 heterocycles. The molecular weight excluding hydrogens is 331 g/mol. The van der Waals surface area contributed by atoms with E-state index < -0.39 is 0 Å². The molecule has 0 amide bonds. The Kier molecular flexibility index (Phi) is 7.86. The smallest absolute Gasteiger partial charge is 0.250 e. The van der Waals surface area contributed by atoms with Crippen LogP contribution in [0.4, 0.5) is 4.39 Å². The molecule has 0 bridgehead atoms. The second-order valence-electron chi connectivity index (χ2n) is 6.14. The third-order valence-corrected chi connectivity index (χ3v) is 4.00. The van der Waals surface area contributed by atoms with Crippen molar-refractivity contribution in [1.29, 1.82) is 0 Å². The fourth-order valence-electron chi connectivity index (χ4n) is 2.58. The number of guanidine groups is 1. The Labute approximate surface area is 154 Å². The summed E-state index contributed by atoms with van der Waals surface area (Å²) in [6.45, 7) is 6.52. The van der Waals surface area contributed by atoms with Gasteiger partial charge in [-0.3, -0.25) is 4.79 Å². The standard InChI is InChI=1S/C20H27FN4O/c1-3-22-20(24-15-17-9-10-18(21)16(2)14-17)23-11-5-7-13-25-12-6-4-8-19(25)26/h4,6,8-10,12,14H,3,5,7,11,13,15H2,1-2H3,(H2,22,23,24). The number of benzene rings is 1. The Hall–Kier alpha value is -2.63. The van der Waals surface area contributed by atoms with Crippen molar-refractivity contribution in [3.8, 4) is 0 Å². The van der Waals surface area contributed by atoms with Gasteiger partial charge in [-0.15, -0.1) is 0 Å². The highest BCUT2D eigenvalue weighted by Gasteiger charge is 2.01. The van der Waals surface area contributed by atoms with Gasteiger partial charge in [-0.05, 0) is 49.9 Å². The predicted octanol–water partition coefficient (Wildman–Crippen LogP) is 2.83. The summed E-state index contributed by atoms with van der Waals surface area (Å²) in [6, 6.07) is 10.2. The summed E-state index contributed by atoms with van der Waals surface area (Å²) in [5.41, 5.74) is 1.64. The van der Waals surface area contributed by atoms with Crippen molar-refractivity contribution in [2.75, 3.05) is 13.1 Å².